The van der Waals surface area contributed by atoms with Gasteiger partial charge in [-0.15, -0.1) is 0 Å². The van der Waals surface area contributed by atoms with E-state index in [2.05, 4.69) is 0 Å². The maximum atomic E-state index is 13.2. The SMILES string of the molecule is CCC(N)C(N(CC(C)C)CC(C)C)C(F)(F)F. The van der Waals surface area contributed by atoms with Gasteiger partial charge < -0.3 is 5.73 Å². The minimum absolute atomic E-state index is 0.192. The lowest BCUT2D eigenvalue weighted by Crippen LogP contribution is -2.57. The van der Waals surface area contributed by atoms with Crippen molar-refractivity contribution in [2.45, 2.75) is 59.3 Å². The van der Waals surface area contributed by atoms with Crippen LogP contribution < -0.4 is 5.73 Å². The first-order chi connectivity index (χ1) is 8.09. The van der Waals surface area contributed by atoms with Crippen molar-refractivity contribution in [1.82, 2.24) is 4.90 Å². The molecule has 0 heterocycles. The van der Waals surface area contributed by atoms with E-state index in [9.17, 15) is 13.2 Å². The molecular weight excluding hydrogens is 241 g/mol. The maximum Gasteiger partial charge on any atom is 0.405 e. The van der Waals surface area contributed by atoms with Gasteiger partial charge in [0.25, 0.3) is 0 Å². The van der Waals surface area contributed by atoms with Gasteiger partial charge in [0.2, 0.25) is 0 Å². The van der Waals surface area contributed by atoms with Crippen LogP contribution in [0, 0.1) is 11.8 Å². The molecule has 0 saturated heterocycles. The highest BCUT2D eigenvalue weighted by Crippen LogP contribution is 2.29. The van der Waals surface area contributed by atoms with Gasteiger partial charge in [-0.25, -0.2) is 0 Å². The van der Waals surface area contributed by atoms with Crippen LogP contribution in [-0.2, 0) is 0 Å². The van der Waals surface area contributed by atoms with Crippen LogP contribution >= 0.6 is 0 Å². The van der Waals surface area contributed by atoms with E-state index in [0.29, 0.717) is 19.5 Å². The van der Waals surface area contributed by atoms with E-state index >= 15 is 0 Å². The zero-order chi connectivity index (χ0) is 14.5. The molecule has 2 nitrogen and oxygen atoms in total. The minimum atomic E-state index is -4.26. The minimum Gasteiger partial charge on any atom is -0.326 e. The third-order valence-electron chi connectivity index (χ3n) is 2.81. The number of hydrogen-bond donors (Lipinski definition) is 1. The Hall–Kier alpha value is -0.290. The molecule has 0 aromatic heterocycles. The molecule has 0 spiro atoms. The van der Waals surface area contributed by atoms with E-state index < -0.39 is 18.3 Å². The van der Waals surface area contributed by atoms with Gasteiger partial charge in [-0.3, -0.25) is 4.90 Å². The highest BCUT2D eigenvalue weighted by atomic mass is 19.4. The lowest BCUT2D eigenvalue weighted by Gasteiger charge is -2.38. The molecule has 18 heavy (non-hydrogen) atoms. The first-order valence-corrected chi connectivity index (χ1v) is 6.65. The third-order valence-corrected chi connectivity index (χ3v) is 2.81. The molecule has 0 aromatic rings. The van der Waals surface area contributed by atoms with E-state index in [0.717, 1.165) is 0 Å². The summed E-state index contributed by atoms with van der Waals surface area (Å²) in [6, 6.07) is -2.39. The van der Waals surface area contributed by atoms with Crippen LogP contribution in [0.4, 0.5) is 13.2 Å². The van der Waals surface area contributed by atoms with Crippen molar-refractivity contribution in [2.75, 3.05) is 13.1 Å². The normalized spacial score (nSPS) is 16.7. The van der Waals surface area contributed by atoms with Crippen molar-refractivity contribution < 1.29 is 13.2 Å². The van der Waals surface area contributed by atoms with Gasteiger partial charge in [0, 0.05) is 19.1 Å². The highest BCUT2D eigenvalue weighted by molar-refractivity contribution is 4.88. The van der Waals surface area contributed by atoms with Crippen molar-refractivity contribution >= 4 is 0 Å². The molecule has 2 unspecified atom stereocenters. The summed E-state index contributed by atoms with van der Waals surface area (Å²) in [7, 11) is 0. The maximum absolute atomic E-state index is 13.2. The number of nitrogens with two attached hydrogens (primary N) is 1. The second-order valence-corrected chi connectivity index (χ2v) is 5.80. The van der Waals surface area contributed by atoms with Crippen LogP contribution in [0.15, 0.2) is 0 Å². The first-order valence-electron chi connectivity index (χ1n) is 6.65. The van der Waals surface area contributed by atoms with Gasteiger partial charge in [-0.05, 0) is 18.3 Å². The van der Waals surface area contributed by atoms with Crippen molar-refractivity contribution in [1.29, 1.82) is 0 Å². The third kappa shape index (κ3) is 6.05. The van der Waals surface area contributed by atoms with Crippen molar-refractivity contribution in [3.05, 3.63) is 0 Å². The van der Waals surface area contributed by atoms with E-state index in [1.54, 1.807) is 6.92 Å². The van der Waals surface area contributed by atoms with E-state index in [1.165, 1.54) is 4.90 Å². The van der Waals surface area contributed by atoms with Crippen molar-refractivity contribution in [3.8, 4) is 0 Å². The molecule has 0 radical (unpaired) electrons. The Morgan fingerprint density at radius 1 is 1.00 bits per heavy atom. The summed E-state index contributed by atoms with van der Waals surface area (Å²) in [6.07, 6.45) is -3.93. The topological polar surface area (TPSA) is 29.3 Å². The van der Waals surface area contributed by atoms with Crippen LogP contribution in [0.1, 0.15) is 41.0 Å². The van der Waals surface area contributed by atoms with Crippen LogP contribution in [-0.4, -0.2) is 36.2 Å². The standard InChI is InChI=1S/C13H27F3N2/c1-6-11(17)12(13(14,15)16)18(7-9(2)3)8-10(4)5/h9-12H,6-8,17H2,1-5H3. The lowest BCUT2D eigenvalue weighted by molar-refractivity contribution is -0.192. The van der Waals surface area contributed by atoms with Crippen LogP contribution in [0.5, 0.6) is 0 Å². The second-order valence-electron chi connectivity index (χ2n) is 5.80. The molecule has 0 fully saturated rings. The van der Waals surface area contributed by atoms with E-state index in [4.69, 9.17) is 5.73 Å². The Morgan fingerprint density at radius 2 is 1.39 bits per heavy atom. The highest BCUT2D eigenvalue weighted by Gasteiger charge is 2.46. The summed E-state index contributed by atoms with van der Waals surface area (Å²) in [5, 5.41) is 0. The molecule has 2 N–H and O–H groups in total. The predicted molar refractivity (Wildman–Crippen MR) is 69.4 cm³/mol. The Kier molecular flexibility index (Phi) is 7.22. The summed E-state index contributed by atoms with van der Waals surface area (Å²) in [6.45, 7) is 10.3. The number of alkyl halides is 3. The molecule has 0 saturated carbocycles. The molecule has 0 amide bonds. The van der Waals surface area contributed by atoms with Crippen LogP contribution in [0.2, 0.25) is 0 Å². The number of hydrogen-bond acceptors (Lipinski definition) is 2. The molecule has 2 atom stereocenters. The molecule has 0 aliphatic carbocycles. The fourth-order valence-electron chi connectivity index (χ4n) is 2.18. The quantitative estimate of drug-likeness (QED) is 0.768. The summed E-state index contributed by atoms with van der Waals surface area (Å²) in [4.78, 5) is 1.50. The van der Waals surface area contributed by atoms with Gasteiger partial charge in [-0.1, -0.05) is 34.6 Å². The van der Waals surface area contributed by atoms with Gasteiger partial charge in [0.15, 0.2) is 0 Å². The fraction of sp³-hybridized carbons (Fsp3) is 1.00. The molecule has 5 heteroatoms. The fourth-order valence-corrected chi connectivity index (χ4v) is 2.18. The summed E-state index contributed by atoms with van der Waals surface area (Å²) < 4.78 is 39.6. The van der Waals surface area contributed by atoms with E-state index in [1.807, 2.05) is 27.7 Å². The smallest absolute Gasteiger partial charge is 0.326 e. The number of nitrogens with zero attached hydrogens (tertiary/aromatic N) is 1. The van der Waals surface area contributed by atoms with Crippen molar-refractivity contribution in [3.63, 3.8) is 0 Å². The van der Waals surface area contributed by atoms with Crippen LogP contribution in [0.3, 0.4) is 0 Å². The zero-order valence-corrected chi connectivity index (χ0v) is 12.1. The average molecular weight is 268 g/mol. The van der Waals surface area contributed by atoms with Gasteiger partial charge in [0.1, 0.15) is 6.04 Å². The molecular formula is C13H27F3N2. The van der Waals surface area contributed by atoms with Gasteiger partial charge in [0.05, 0.1) is 0 Å². The summed E-state index contributed by atoms with van der Waals surface area (Å²) in [5.41, 5.74) is 5.69. The van der Waals surface area contributed by atoms with Gasteiger partial charge in [-0.2, -0.15) is 13.2 Å². The van der Waals surface area contributed by atoms with E-state index in [-0.39, 0.29) is 11.8 Å². The Morgan fingerprint density at radius 3 is 1.61 bits per heavy atom. The summed E-state index contributed by atoms with van der Waals surface area (Å²) >= 11 is 0. The largest absolute Gasteiger partial charge is 0.405 e. The lowest BCUT2D eigenvalue weighted by atomic mass is 10.0. The van der Waals surface area contributed by atoms with Crippen LogP contribution in [0.25, 0.3) is 0 Å². The number of halogens is 3. The number of rotatable bonds is 7. The molecule has 0 aliphatic heterocycles. The monoisotopic (exact) mass is 268 g/mol. The molecule has 0 aromatic carbocycles. The predicted octanol–water partition coefficient (Wildman–Crippen LogP) is 3.27. The Balaban J connectivity index is 5.06. The van der Waals surface area contributed by atoms with Crippen molar-refractivity contribution in [2.24, 2.45) is 17.6 Å². The average Bonchev–Trinajstić information content (AvgIpc) is 2.12. The molecule has 0 rings (SSSR count). The molecule has 0 bridgehead atoms. The molecule has 0 aliphatic rings. The zero-order valence-electron chi connectivity index (χ0n) is 12.1. The van der Waals surface area contributed by atoms with Gasteiger partial charge >= 0.3 is 6.18 Å². The second kappa shape index (κ2) is 7.34. The first kappa shape index (κ1) is 17.7. The summed E-state index contributed by atoms with van der Waals surface area (Å²) in [5.74, 6) is 0.385. The Bertz CT molecular complexity index is 217. The Labute approximate surface area is 109 Å². The molecule has 110 valence electrons.